The second-order valence-electron chi connectivity index (χ2n) is 12.2. The molecule has 4 aliphatic rings. The predicted octanol–water partition coefficient (Wildman–Crippen LogP) is 5.72. The number of nitrogens with one attached hydrogen (secondary N) is 1. The van der Waals surface area contributed by atoms with Crippen LogP contribution in [-0.4, -0.2) is 75.7 Å². The summed E-state index contributed by atoms with van der Waals surface area (Å²) in [6, 6.07) is 10.9. The summed E-state index contributed by atoms with van der Waals surface area (Å²) >= 11 is 12.2. The first-order valence-electron chi connectivity index (χ1n) is 14.7. The first-order valence-corrected chi connectivity index (χ1v) is 15.5. The summed E-state index contributed by atoms with van der Waals surface area (Å²) in [5.41, 5.74) is 4.09. The minimum absolute atomic E-state index is 0.169. The van der Waals surface area contributed by atoms with Crippen molar-refractivity contribution in [3.8, 4) is 0 Å². The largest absolute Gasteiger partial charge is 0.370 e. The first-order chi connectivity index (χ1) is 19.8. The van der Waals surface area contributed by atoms with Gasteiger partial charge in [0, 0.05) is 78.7 Å². The average Bonchev–Trinajstić information content (AvgIpc) is 3.58. The third-order valence-corrected chi connectivity index (χ3v) is 10.2. The van der Waals surface area contributed by atoms with E-state index in [1.54, 1.807) is 25.1 Å². The summed E-state index contributed by atoms with van der Waals surface area (Å²) in [7, 11) is 0. The molecule has 0 unspecified atom stereocenters. The molecule has 9 heteroatoms. The van der Waals surface area contributed by atoms with E-state index in [4.69, 9.17) is 23.2 Å². The van der Waals surface area contributed by atoms with Gasteiger partial charge < -0.3 is 20.0 Å². The smallest absolute Gasteiger partial charge is 0.219 e. The fraction of sp³-hybridized carbons (Fsp3) is 0.531. The zero-order valence-electron chi connectivity index (χ0n) is 23.8. The first kappa shape index (κ1) is 29.9. The molecule has 220 valence electrons. The number of nitrogens with zero attached hydrogens (tertiary/aromatic N) is 3. The van der Waals surface area contributed by atoms with Crippen molar-refractivity contribution in [1.29, 1.82) is 0 Å². The van der Waals surface area contributed by atoms with E-state index < -0.39 is 0 Å². The highest BCUT2D eigenvalue weighted by atomic mass is 35.5. The maximum Gasteiger partial charge on any atom is 0.219 e. The Morgan fingerprint density at radius 3 is 1.61 bits per heavy atom. The van der Waals surface area contributed by atoms with E-state index in [9.17, 15) is 14.4 Å². The minimum Gasteiger partial charge on any atom is -0.370 e. The monoisotopic (exact) mass is 598 g/mol. The summed E-state index contributed by atoms with van der Waals surface area (Å²) < 4.78 is 0. The van der Waals surface area contributed by atoms with Crippen LogP contribution in [0, 0.1) is 10.8 Å². The van der Waals surface area contributed by atoms with Crippen LogP contribution in [0.2, 0.25) is 10.0 Å². The number of likely N-dealkylation sites (tertiary alicyclic amines) is 1. The van der Waals surface area contributed by atoms with Gasteiger partial charge in [-0.05, 0) is 98.8 Å². The molecule has 2 aromatic rings. The van der Waals surface area contributed by atoms with Gasteiger partial charge in [0.25, 0.3) is 0 Å². The van der Waals surface area contributed by atoms with Crippen LogP contribution in [0.5, 0.6) is 0 Å². The number of carbonyl (C=O) groups excluding carboxylic acids is 3. The van der Waals surface area contributed by atoms with Crippen LogP contribution >= 0.6 is 23.2 Å². The van der Waals surface area contributed by atoms with Crippen LogP contribution in [-0.2, 0) is 4.79 Å². The summed E-state index contributed by atoms with van der Waals surface area (Å²) in [5, 5.41) is 4.79. The Kier molecular flexibility index (Phi) is 9.27. The van der Waals surface area contributed by atoms with Crippen molar-refractivity contribution in [3.05, 3.63) is 57.6 Å². The van der Waals surface area contributed by atoms with Crippen molar-refractivity contribution in [2.75, 3.05) is 62.2 Å². The van der Waals surface area contributed by atoms with Crippen molar-refractivity contribution < 1.29 is 14.4 Å². The number of hydrogen-bond acceptors (Lipinski definition) is 6. The van der Waals surface area contributed by atoms with Gasteiger partial charge in [-0.25, -0.2) is 0 Å². The number of hydrogen-bond donors (Lipinski definition) is 1. The molecule has 0 atom stereocenters. The van der Waals surface area contributed by atoms with Crippen molar-refractivity contribution in [3.63, 3.8) is 0 Å². The second-order valence-corrected chi connectivity index (χ2v) is 13.1. The standard InChI is InChI=1S/C17H21ClN2O2.C15H19ClN2O/c1-13(22)19-7-4-17(5-8-19)6-9-20(12-17)16-10-15(18)3-2-14(16)11-21;16-13-2-1-12(10-19)14(9-13)18-8-5-15(11-18)3-6-17-7-4-15/h2-3,10-11H,4-9,12H2,1H3;1-2,9-10,17H,3-8,11H2. The van der Waals surface area contributed by atoms with Gasteiger partial charge in [-0.3, -0.25) is 14.4 Å². The van der Waals surface area contributed by atoms with E-state index in [-0.39, 0.29) is 11.3 Å². The Hall–Kier alpha value is -2.61. The summed E-state index contributed by atoms with van der Waals surface area (Å²) in [6.45, 7) is 9.53. The lowest BCUT2D eigenvalue weighted by atomic mass is 9.78. The number of amides is 1. The molecular weight excluding hydrogens is 559 g/mol. The zero-order chi connectivity index (χ0) is 29.0. The molecule has 2 spiro atoms. The number of piperidine rings is 2. The maximum absolute atomic E-state index is 11.5. The van der Waals surface area contributed by atoms with Crippen molar-refractivity contribution in [1.82, 2.24) is 10.2 Å². The van der Waals surface area contributed by atoms with E-state index in [0.29, 0.717) is 21.0 Å². The molecule has 4 aliphatic heterocycles. The second kappa shape index (κ2) is 12.7. The predicted molar refractivity (Wildman–Crippen MR) is 166 cm³/mol. The molecule has 4 saturated heterocycles. The fourth-order valence-electron chi connectivity index (χ4n) is 7.13. The van der Waals surface area contributed by atoms with Gasteiger partial charge >= 0.3 is 0 Å². The van der Waals surface area contributed by atoms with E-state index >= 15 is 0 Å². The Morgan fingerprint density at radius 1 is 0.732 bits per heavy atom. The number of aldehydes is 2. The van der Waals surface area contributed by atoms with E-state index in [1.807, 2.05) is 23.1 Å². The fourth-order valence-corrected chi connectivity index (χ4v) is 7.46. The Morgan fingerprint density at radius 2 is 1.17 bits per heavy atom. The molecule has 6 rings (SSSR count). The highest BCUT2D eigenvalue weighted by molar-refractivity contribution is 6.31. The van der Waals surface area contributed by atoms with Crippen LogP contribution in [0.25, 0.3) is 0 Å². The van der Waals surface area contributed by atoms with Crippen LogP contribution in [0.4, 0.5) is 11.4 Å². The highest BCUT2D eigenvalue weighted by Crippen LogP contribution is 2.43. The molecular formula is C32H40Cl2N4O3. The normalized spacial score (nSPS) is 21.1. The molecule has 0 bridgehead atoms. The van der Waals surface area contributed by atoms with Gasteiger partial charge in [-0.2, -0.15) is 0 Å². The molecule has 1 amide bonds. The number of halogens is 2. The maximum atomic E-state index is 11.5. The lowest BCUT2D eigenvalue weighted by Gasteiger charge is -2.39. The number of carbonyl (C=O) groups is 3. The third-order valence-electron chi connectivity index (χ3n) is 9.73. The SMILES string of the molecule is CC(=O)N1CCC2(CC1)CCN(c1cc(Cl)ccc1C=O)C2.O=Cc1ccc(Cl)cc1N1CCC2(CCNCC2)C1. The van der Waals surface area contributed by atoms with Crippen molar-refractivity contribution >= 4 is 53.1 Å². The topological polar surface area (TPSA) is 73.0 Å². The summed E-state index contributed by atoms with van der Waals surface area (Å²) in [4.78, 5) is 40.5. The highest BCUT2D eigenvalue weighted by Gasteiger charge is 2.42. The van der Waals surface area contributed by atoms with Crippen LogP contribution < -0.4 is 15.1 Å². The lowest BCUT2D eigenvalue weighted by Crippen LogP contribution is -2.43. The average molecular weight is 600 g/mol. The molecule has 7 nitrogen and oxygen atoms in total. The number of anilines is 2. The molecule has 1 N–H and O–H groups in total. The molecule has 0 aromatic heterocycles. The minimum atomic E-state index is 0.169. The Bertz CT molecular complexity index is 1270. The molecule has 41 heavy (non-hydrogen) atoms. The molecule has 0 radical (unpaired) electrons. The van der Waals surface area contributed by atoms with Gasteiger partial charge in [0.2, 0.25) is 5.91 Å². The summed E-state index contributed by atoms with van der Waals surface area (Å²) in [6.07, 6.45) is 8.72. The third kappa shape index (κ3) is 6.73. The van der Waals surface area contributed by atoms with E-state index in [1.165, 1.54) is 19.3 Å². The van der Waals surface area contributed by atoms with Gasteiger partial charge in [-0.1, -0.05) is 23.2 Å². The van der Waals surface area contributed by atoms with Gasteiger partial charge in [0.15, 0.2) is 12.6 Å². The summed E-state index contributed by atoms with van der Waals surface area (Å²) in [5.74, 6) is 0.169. The molecule has 4 fully saturated rings. The quantitative estimate of drug-likeness (QED) is 0.453. The molecule has 0 aliphatic carbocycles. The Labute approximate surface area is 253 Å². The molecule has 2 aromatic carbocycles. The molecule has 0 saturated carbocycles. The van der Waals surface area contributed by atoms with E-state index in [0.717, 1.165) is 101 Å². The van der Waals surface area contributed by atoms with Crippen LogP contribution in [0.3, 0.4) is 0 Å². The van der Waals surface area contributed by atoms with Crippen LogP contribution in [0.1, 0.15) is 66.2 Å². The van der Waals surface area contributed by atoms with Gasteiger partial charge in [0.1, 0.15) is 0 Å². The lowest BCUT2D eigenvalue weighted by molar-refractivity contribution is -0.130. The van der Waals surface area contributed by atoms with E-state index in [2.05, 4.69) is 15.1 Å². The number of rotatable bonds is 4. The van der Waals surface area contributed by atoms with Crippen LogP contribution in [0.15, 0.2) is 36.4 Å². The van der Waals surface area contributed by atoms with Crippen molar-refractivity contribution in [2.24, 2.45) is 10.8 Å². The molecule has 4 heterocycles. The van der Waals surface area contributed by atoms with Gasteiger partial charge in [0.05, 0.1) is 0 Å². The Balaban J connectivity index is 0.000000166. The van der Waals surface area contributed by atoms with Crippen molar-refractivity contribution in [2.45, 2.75) is 45.4 Å². The zero-order valence-corrected chi connectivity index (χ0v) is 25.4. The van der Waals surface area contributed by atoms with Gasteiger partial charge in [-0.15, -0.1) is 0 Å². The number of benzene rings is 2.